The minimum Gasteiger partial charge on any atom is -0.369 e. The molecule has 25 heavy (non-hydrogen) atoms. The van der Waals surface area contributed by atoms with Gasteiger partial charge < -0.3 is 4.90 Å². The number of nitrogens with zero attached hydrogens (tertiary/aromatic N) is 2. The number of benzene rings is 2. The first-order valence-corrected chi connectivity index (χ1v) is 9.27. The van der Waals surface area contributed by atoms with E-state index < -0.39 is 0 Å². The van der Waals surface area contributed by atoms with E-state index in [9.17, 15) is 4.39 Å². The van der Waals surface area contributed by atoms with Crippen LogP contribution in [-0.4, -0.2) is 19.3 Å². The molecule has 1 unspecified atom stereocenters. The Hall–Kier alpha value is -2.16. The topological polar surface area (TPSA) is 15.6 Å². The van der Waals surface area contributed by atoms with E-state index in [2.05, 4.69) is 35.9 Å². The van der Waals surface area contributed by atoms with Crippen LogP contribution in [0.1, 0.15) is 55.7 Å². The van der Waals surface area contributed by atoms with Crippen molar-refractivity contribution >= 4 is 17.6 Å². The first-order valence-electron chi connectivity index (χ1n) is 9.27. The molecule has 3 rings (SSSR count). The van der Waals surface area contributed by atoms with E-state index >= 15 is 0 Å². The van der Waals surface area contributed by atoms with Gasteiger partial charge in [0, 0.05) is 19.3 Å². The molecule has 0 amide bonds. The zero-order valence-corrected chi connectivity index (χ0v) is 15.4. The summed E-state index contributed by atoms with van der Waals surface area (Å²) in [5, 5.41) is 0. The summed E-state index contributed by atoms with van der Waals surface area (Å²) in [6, 6.07) is 11.9. The van der Waals surface area contributed by atoms with Gasteiger partial charge in [-0.2, -0.15) is 0 Å². The standard InChI is InChI=1S/C22H27FN2/c1-4-16(2)18-7-9-20(10-8-18)24-15-19-14-21(23)22(13-17(19)3)25-11-5-6-12-25/h7-10,13-16H,4-6,11-12H2,1-3H3. The van der Waals surface area contributed by atoms with Crippen LogP contribution in [0, 0.1) is 12.7 Å². The number of aryl methyl sites for hydroxylation is 1. The number of halogens is 1. The first kappa shape index (κ1) is 17.7. The highest BCUT2D eigenvalue weighted by Crippen LogP contribution is 2.27. The number of aliphatic imine (C=N–C) groups is 1. The number of anilines is 1. The molecule has 0 aliphatic carbocycles. The van der Waals surface area contributed by atoms with Gasteiger partial charge in [-0.05, 0) is 73.1 Å². The van der Waals surface area contributed by atoms with Gasteiger partial charge in [0.25, 0.3) is 0 Å². The molecule has 1 atom stereocenters. The molecule has 132 valence electrons. The highest BCUT2D eigenvalue weighted by Gasteiger charge is 2.17. The maximum absolute atomic E-state index is 14.5. The van der Waals surface area contributed by atoms with E-state index in [0.29, 0.717) is 5.92 Å². The average Bonchev–Trinajstić information content (AvgIpc) is 3.16. The quantitative estimate of drug-likeness (QED) is 0.611. The average molecular weight is 338 g/mol. The molecule has 0 saturated carbocycles. The highest BCUT2D eigenvalue weighted by molar-refractivity contribution is 5.84. The summed E-state index contributed by atoms with van der Waals surface area (Å²) >= 11 is 0. The lowest BCUT2D eigenvalue weighted by molar-refractivity contribution is 0.622. The molecule has 2 aromatic rings. The second-order valence-corrected chi connectivity index (χ2v) is 7.01. The minimum absolute atomic E-state index is 0.152. The van der Waals surface area contributed by atoms with Crippen LogP contribution in [0.2, 0.25) is 0 Å². The molecule has 1 aliphatic heterocycles. The fourth-order valence-electron chi connectivity index (χ4n) is 3.29. The summed E-state index contributed by atoms with van der Waals surface area (Å²) in [6.45, 7) is 8.34. The van der Waals surface area contributed by atoms with Gasteiger partial charge in [-0.1, -0.05) is 26.0 Å². The summed E-state index contributed by atoms with van der Waals surface area (Å²) in [7, 11) is 0. The predicted molar refractivity (Wildman–Crippen MR) is 105 cm³/mol. The molecule has 3 heteroatoms. The second-order valence-electron chi connectivity index (χ2n) is 7.01. The summed E-state index contributed by atoms with van der Waals surface area (Å²) < 4.78 is 14.5. The molecule has 0 aromatic heterocycles. The fraction of sp³-hybridized carbons (Fsp3) is 0.409. The Kier molecular flexibility index (Phi) is 5.52. The van der Waals surface area contributed by atoms with Crippen molar-refractivity contribution < 1.29 is 4.39 Å². The van der Waals surface area contributed by atoms with E-state index in [4.69, 9.17) is 0 Å². The zero-order chi connectivity index (χ0) is 17.8. The van der Waals surface area contributed by atoms with Gasteiger partial charge in [-0.15, -0.1) is 0 Å². The summed E-state index contributed by atoms with van der Waals surface area (Å²) in [5.74, 6) is 0.411. The van der Waals surface area contributed by atoms with E-state index in [1.54, 1.807) is 12.3 Å². The third-order valence-electron chi connectivity index (χ3n) is 5.21. The monoisotopic (exact) mass is 338 g/mol. The lowest BCUT2D eigenvalue weighted by Crippen LogP contribution is -2.19. The Balaban J connectivity index is 1.78. The van der Waals surface area contributed by atoms with Crippen molar-refractivity contribution in [1.29, 1.82) is 0 Å². The Morgan fingerprint density at radius 1 is 1.16 bits per heavy atom. The molecule has 0 bridgehead atoms. The molecular weight excluding hydrogens is 311 g/mol. The lowest BCUT2D eigenvalue weighted by Gasteiger charge is -2.19. The number of hydrogen-bond donors (Lipinski definition) is 0. The molecule has 1 aliphatic rings. The van der Waals surface area contributed by atoms with E-state index in [1.807, 2.05) is 25.1 Å². The van der Waals surface area contributed by atoms with E-state index in [-0.39, 0.29) is 5.82 Å². The molecule has 0 radical (unpaired) electrons. The SMILES string of the molecule is CCC(C)c1ccc(N=Cc2cc(F)c(N3CCCC3)cc2C)cc1. The lowest BCUT2D eigenvalue weighted by atomic mass is 9.99. The van der Waals surface area contributed by atoms with Gasteiger partial charge in [0.2, 0.25) is 0 Å². The maximum Gasteiger partial charge on any atom is 0.147 e. The minimum atomic E-state index is -0.152. The predicted octanol–water partition coefficient (Wildman–Crippen LogP) is 6.00. The molecule has 2 nitrogen and oxygen atoms in total. The van der Waals surface area contributed by atoms with Crippen LogP contribution in [0.4, 0.5) is 15.8 Å². The Labute approximate surface area is 150 Å². The smallest absolute Gasteiger partial charge is 0.147 e. The van der Waals surface area contributed by atoms with Gasteiger partial charge in [0.15, 0.2) is 0 Å². The van der Waals surface area contributed by atoms with Gasteiger partial charge in [0.05, 0.1) is 11.4 Å². The zero-order valence-electron chi connectivity index (χ0n) is 15.4. The molecule has 0 N–H and O–H groups in total. The fourth-order valence-corrected chi connectivity index (χ4v) is 3.29. The van der Waals surface area contributed by atoms with Crippen molar-refractivity contribution in [2.75, 3.05) is 18.0 Å². The van der Waals surface area contributed by atoms with Gasteiger partial charge in [-0.3, -0.25) is 4.99 Å². The van der Waals surface area contributed by atoms with Crippen LogP contribution in [0.15, 0.2) is 41.4 Å². The van der Waals surface area contributed by atoms with Gasteiger partial charge >= 0.3 is 0 Å². The molecular formula is C22H27FN2. The molecule has 1 fully saturated rings. The van der Waals surface area contributed by atoms with Gasteiger partial charge in [0.1, 0.15) is 5.82 Å². The molecule has 1 heterocycles. The van der Waals surface area contributed by atoms with Gasteiger partial charge in [-0.25, -0.2) is 4.39 Å². The third kappa shape index (κ3) is 4.09. The number of rotatable bonds is 5. The third-order valence-corrected chi connectivity index (χ3v) is 5.21. The van der Waals surface area contributed by atoms with Crippen molar-refractivity contribution in [3.8, 4) is 0 Å². The summed E-state index contributed by atoms with van der Waals surface area (Å²) in [6.07, 6.45) is 5.19. The molecule has 1 saturated heterocycles. The van der Waals surface area contributed by atoms with E-state index in [0.717, 1.165) is 54.9 Å². The van der Waals surface area contributed by atoms with Crippen molar-refractivity contribution in [3.05, 3.63) is 58.9 Å². The van der Waals surface area contributed by atoms with Crippen molar-refractivity contribution in [3.63, 3.8) is 0 Å². The van der Waals surface area contributed by atoms with Crippen LogP contribution < -0.4 is 4.90 Å². The first-order chi connectivity index (χ1) is 12.1. The van der Waals surface area contributed by atoms with Crippen molar-refractivity contribution in [2.24, 2.45) is 4.99 Å². The van der Waals surface area contributed by atoms with Crippen LogP contribution in [0.3, 0.4) is 0 Å². The van der Waals surface area contributed by atoms with E-state index in [1.165, 1.54) is 5.56 Å². The summed E-state index contributed by atoms with van der Waals surface area (Å²) in [4.78, 5) is 6.66. The molecule has 2 aromatic carbocycles. The van der Waals surface area contributed by atoms with Crippen LogP contribution in [0.25, 0.3) is 0 Å². The van der Waals surface area contributed by atoms with Crippen LogP contribution >= 0.6 is 0 Å². The Bertz CT molecular complexity index is 743. The Morgan fingerprint density at radius 2 is 1.84 bits per heavy atom. The Morgan fingerprint density at radius 3 is 2.48 bits per heavy atom. The normalized spacial score (nSPS) is 15.9. The number of hydrogen-bond acceptors (Lipinski definition) is 2. The van der Waals surface area contributed by atoms with Crippen molar-refractivity contribution in [2.45, 2.75) is 46.0 Å². The summed E-state index contributed by atoms with van der Waals surface area (Å²) in [5.41, 5.74) is 4.86. The van der Waals surface area contributed by atoms with Crippen LogP contribution in [-0.2, 0) is 0 Å². The van der Waals surface area contributed by atoms with Crippen LogP contribution in [0.5, 0.6) is 0 Å². The second kappa shape index (κ2) is 7.81. The largest absolute Gasteiger partial charge is 0.369 e. The highest BCUT2D eigenvalue weighted by atomic mass is 19.1. The molecule has 0 spiro atoms. The van der Waals surface area contributed by atoms with Crippen molar-refractivity contribution in [1.82, 2.24) is 0 Å². The maximum atomic E-state index is 14.5.